The van der Waals surface area contributed by atoms with E-state index in [9.17, 15) is 0 Å². The van der Waals surface area contributed by atoms with Gasteiger partial charge in [0, 0.05) is 42.4 Å². The third kappa shape index (κ3) is 6.98. The average molecular weight is 878 g/mol. The lowest BCUT2D eigenvalue weighted by atomic mass is 9.81. The standard InChI is InChI=1S/C65H51NS/c1-64(2,3)49-32-27-43(28-33-49)47-31-36-59(55(39-47)44-15-7-6-8-16-44)66(50-34-38-62-56(41-50)54-20-12-14-22-61(54)67-62)60-37-30-45-17-9-10-18-51(45)63(60)46-25-23-42(24-26-46)48-29-35-53-52-19-11-13-21-57(52)65(4,5)58(53)40-48/h6-41H,1-5H3. The number of thiophene rings is 1. The first-order valence-corrected chi connectivity index (χ1v) is 24.3. The minimum absolute atomic E-state index is 0.0603. The van der Waals surface area contributed by atoms with Crippen molar-refractivity contribution in [1.29, 1.82) is 0 Å². The largest absolute Gasteiger partial charge is 0.309 e. The van der Waals surface area contributed by atoms with Gasteiger partial charge in [-0.3, -0.25) is 0 Å². The zero-order valence-corrected chi connectivity index (χ0v) is 39.5. The van der Waals surface area contributed by atoms with Gasteiger partial charge in [0.05, 0.1) is 11.4 Å². The third-order valence-electron chi connectivity index (χ3n) is 14.3. The van der Waals surface area contributed by atoms with Crippen molar-refractivity contribution in [3.8, 4) is 55.6 Å². The Hall–Kier alpha value is -7.52. The van der Waals surface area contributed by atoms with Crippen LogP contribution in [0.3, 0.4) is 0 Å². The quantitative estimate of drug-likeness (QED) is 0.154. The number of anilines is 3. The Morgan fingerprint density at radius 1 is 0.388 bits per heavy atom. The molecule has 1 aliphatic carbocycles. The summed E-state index contributed by atoms with van der Waals surface area (Å²) in [6.07, 6.45) is 0. The minimum atomic E-state index is -0.0603. The number of rotatable bonds is 7. The first kappa shape index (κ1) is 40.9. The van der Waals surface area contributed by atoms with Gasteiger partial charge >= 0.3 is 0 Å². The maximum atomic E-state index is 2.52. The molecule has 0 saturated heterocycles. The molecule has 0 bridgehead atoms. The summed E-state index contributed by atoms with van der Waals surface area (Å²) < 4.78 is 2.59. The van der Waals surface area contributed by atoms with E-state index in [4.69, 9.17) is 0 Å². The molecule has 0 spiro atoms. The van der Waals surface area contributed by atoms with E-state index in [1.165, 1.54) is 103 Å². The molecule has 0 atom stereocenters. The monoisotopic (exact) mass is 877 g/mol. The molecule has 1 aliphatic rings. The summed E-state index contributed by atoms with van der Waals surface area (Å²) in [6.45, 7) is 11.5. The fourth-order valence-electron chi connectivity index (χ4n) is 10.6. The molecular weight excluding hydrogens is 827 g/mol. The first-order chi connectivity index (χ1) is 32.6. The molecule has 1 heterocycles. The number of fused-ring (bicyclic) bond motifs is 7. The van der Waals surface area contributed by atoms with Crippen molar-refractivity contribution in [2.24, 2.45) is 0 Å². The molecule has 0 radical (unpaired) electrons. The molecule has 322 valence electrons. The van der Waals surface area contributed by atoms with Crippen LogP contribution in [0.1, 0.15) is 51.3 Å². The van der Waals surface area contributed by atoms with E-state index < -0.39 is 0 Å². The van der Waals surface area contributed by atoms with Crippen LogP contribution < -0.4 is 4.90 Å². The zero-order valence-electron chi connectivity index (χ0n) is 38.6. The summed E-state index contributed by atoms with van der Waals surface area (Å²) >= 11 is 1.86. The van der Waals surface area contributed by atoms with E-state index >= 15 is 0 Å². The molecule has 12 rings (SSSR count). The van der Waals surface area contributed by atoms with Crippen molar-refractivity contribution >= 4 is 59.3 Å². The topological polar surface area (TPSA) is 3.24 Å². The van der Waals surface area contributed by atoms with Gasteiger partial charge in [-0.2, -0.15) is 0 Å². The Kier molecular flexibility index (Phi) is 9.68. The molecule has 0 unspecified atom stereocenters. The molecule has 10 aromatic carbocycles. The lowest BCUT2D eigenvalue weighted by molar-refractivity contribution is 0.590. The molecule has 1 nitrogen and oxygen atoms in total. The van der Waals surface area contributed by atoms with Gasteiger partial charge in [-0.25, -0.2) is 0 Å². The highest BCUT2D eigenvalue weighted by Gasteiger charge is 2.35. The smallest absolute Gasteiger partial charge is 0.0546 e. The SMILES string of the molecule is CC(C)(C)c1ccc(-c2ccc(N(c3ccc4sc5ccccc5c4c3)c3ccc4ccccc4c3-c3ccc(-c4ccc5c(c4)C(C)(C)c4ccccc4-5)cc3)c(-c3ccccc3)c2)cc1. The fourth-order valence-corrected chi connectivity index (χ4v) is 11.7. The molecule has 0 saturated carbocycles. The first-order valence-electron chi connectivity index (χ1n) is 23.5. The zero-order chi connectivity index (χ0) is 45.4. The Morgan fingerprint density at radius 2 is 0.985 bits per heavy atom. The van der Waals surface area contributed by atoms with Crippen molar-refractivity contribution < 1.29 is 0 Å². The Labute approximate surface area is 398 Å². The van der Waals surface area contributed by atoms with Crippen LogP contribution in [0, 0.1) is 0 Å². The highest BCUT2D eigenvalue weighted by atomic mass is 32.1. The van der Waals surface area contributed by atoms with Crippen molar-refractivity contribution in [2.45, 2.75) is 45.4 Å². The lowest BCUT2D eigenvalue weighted by Gasteiger charge is -2.31. The molecule has 0 amide bonds. The van der Waals surface area contributed by atoms with Crippen LogP contribution in [0.4, 0.5) is 17.1 Å². The summed E-state index contributed by atoms with van der Waals surface area (Å²) in [6, 6.07) is 81.7. The Bertz CT molecular complexity index is 3680. The van der Waals surface area contributed by atoms with Crippen LogP contribution in [0.25, 0.3) is 86.6 Å². The van der Waals surface area contributed by atoms with Gasteiger partial charge in [-0.15, -0.1) is 11.3 Å². The van der Waals surface area contributed by atoms with E-state index in [1.807, 2.05) is 11.3 Å². The second-order valence-electron chi connectivity index (χ2n) is 19.7. The fraction of sp³-hybridized carbons (Fsp3) is 0.108. The van der Waals surface area contributed by atoms with E-state index in [1.54, 1.807) is 0 Å². The number of hydrogen-bond donors (Lipinski definition) is 0. The van der Waals surface area contributed by atoms with Gasteiger partial charge in [0.2, 0.25) is 0 Å². The summed E-state index contributed by atoms with van der Waals surface area (Å²) in [5.74, 6) is 0. The van der Waals surface area contributed by atoms with Gasteiger partial charge in [-0.05, 0) is 126 Å². The number of benzene rings is 10. The third-order valence-corrected chi connectivity index (χ3v) is 15.4. The van der Waals surface area contributed by atoms with Crippen molar-refractivity contribution in [2.75, 3.05) is 4.90 Å². The van der Waals surface area contributed by atoms with Crippen molar-refractivity contribution in [3.05, 3.63) is 235 Å². The summed E-state index contributed by atoms with van der Waals surface area (Å²) in [5, 5.41) is 4.98. The van der Waals surface area contributed by atoms with Crippen LogP contribution in [-0.2, 0) is 10.8 Å². The predicted molar refractivity (Wildman–Crippen MR) is 290 cm³/mol. The normalized spacial score (nSPS) is 13.0. The highest BCUT2D eigenvalue weighted by Crippen LogP contribution is 2.51. The molecule has 0 fully saturated rings. The Morgan fingerprint density at radius 3 is 1.78 bits per heavy atom. The van der Waals surface area contributed by atoms with Gasteiger partial charge in [0.15, 0.2) is 0 Å². The molecular formula is C65H51NS. The van der Waals surface area contributed by atoms with Crippen LogP contribution in [0.5, 0.6) is 0 Å². The van der Waals surface area contributed by atoms with E-state index in [2.05, 4.69) is 258 Å². The Balaban J connectivity index is 1.06. The van der Waals surface area contributed by atoms with E-state index in [0.29, 0.717) is 0 Å². The summed E-state index contributed by atoms with van der Waals surface area (Å²) in [5.41, 5.74) is 19.8. The van der Waals surface area contributed by atoms with Gasteiger partial charge < -0.3 is 4.90 Å². The molecule has 1 aromatic heterocycles. The summed E-state index contributed by atoms with van der Waals surface area (Å²) in [7, 11) is 0. The van der Waals surface area contributed by atoms with Crippen molar-refractivity contribution in [3.63, 3.8) is 0 Å². The molecule has 2 heteroatoms. The number of hydrogen-bond acceptors (Lipinski definition) is 2. The van der Waals surface area contributed by atoms with E-state index in [-0.39, 0.29) is 10.8 Å². The predicted octanol–water partition coefficient (Wildman–Crippen LogP) is 18.9. The molecule has 0 aliphatic heterocycles. The molecule has 0 N–H and O–H groups in total. The van der Waals surface area contributed by atoms with Gasteiger partial charge in [0.1, 0.15) is 0 Å². The van der Waals surface area contributed by atoms with Gasteiger partial charge in [-0.1, -0.05) is 204 Å². The lowest BCUT2D eigenvalue weighted by Crippen LogP contribution is -2.14. The van der Waals surface area contributed by atoms with Crippen LogP contribution in [0.15, 0.2) is 218 Å². The van der Waals surface area contributed by atoms with Crippen LogP contribution in [-0.4, -0.2) is 0 Å². The second kappa shape index (κ2) is 15.8. The average Bonchev–Trinajstić information content (AvgIpc) is 3.85. The number of nitrogens with zero attached hydrogens (tertiary/aromatic N) is 1. The van der Waals surface area contributed by atoms with Crippen molar-refractivity contribution in [1.82, 2.24) is 0 Å². The van der Waals surface area contributed by atoms with Crippen LogP contribution >= 0.6 is 11.3 Å². The summed E-state index contributed by atoms with van der Waals surface area (Å²) in [4.78, 5) is 2.52. The molecule has 67 heavy (non-hydrogen) atoms. The minimum Gasteiger partial charge on any atom is -0.309 e. The molecule has 11 aromatic rings. The highest BCUT2D eigenvalue weighted by molar-refractivity contribution is 7.25. The van der Waals surface area contributed by atoms with Crippen LogP contribution in [0.2, 0.25) is 0 Å². The van der Waals surface area contributed by atoms with Gasteiger partial charge in [0.25, 0.3) is 0 Å². The maximum Gasteiger partial charge on any atom is 0.0546 e. The van der Waals surface area contributed by atoms with E-state index in [0.717, 1.165) is 17.1 Å². The second-order valence-corrected chi connectivity index (χ2v) is 20.8. The maximum absolute atomic E-state index is 2.52.